The van der Waals surface area contributed by atoms with Crippen LogP contribution in [-0.4, -0.2) is 43.9 Å². The number of anilines is 2. The molecule has 1 N–H and O–H groups in total. The van der Waals surface area contributed by atoms with Gasteiger partial charge in [0.2, 0.25) is 0 Å². The SMILES string of the molecule is CN(c1ccc(NC(=O)c2ccc(F)c(F)c2)nc1)C1CCS(=O)(=O)C1. The Bertz CT molecular complexity index is 933. The number of hydrogen-bond donors (Lipinski definition) is 1. The van der Waals surface area contributed by atoms with Crippen LogP contribution in [-0.2, 0) is 9.84 Å². The fraction of sp³-hybridized carbons (Fsp3) is 0.294. The van der Waals surface area contributed by atoms with Gasteiger partial charge in [-0.1, -0.05) is 0 Å². The molecular weight excluding hydrogens is 364 g/mol. The zero-order valence-corrected chi connectivity index (χ0v) is 14.8. The van der Waals surface area contributed by atoms with E-state index in [-0.39, 0.29) is 28.9 Å². The van der Waals surface area contributed by atoms with Gasteiger partial charge in [-0.2, -0.15) is 0 Å². The molecule has 1 fully saturated rings. The number of nitrogens with one attached hydrogen (secondary N) is 1. The number of benzene rings is 1. The van der Waals surface area contributed by atoms with E-state index in [1.807, 2.05) is 4.90 Å². The van der Waals surface area contributed by atoms with Gasteiger partial charge in [0.25, 0.3) is 5.91 Å². The first kappa shape index (κ1) is 18.2. The summed E-state index contributed by atoms with van der Waals surface area (Å²) >= 11 is 0. The molecule has 9 heteroatoms. The van der Waals surface area contributed by atoms with Gasteiger partial charge in [0.1, 0.15) is 5.82 Å². The van der Waals surface area contributed by atoms with Gasteiger partial charge in [-0.05, 0) is 36.8 Å². The lowest BCUT2D eigenvalue weighted by Crippen LogP contribution is -2.32. The van der Waals surface area contributed by atoms with Gasteiger partial charge in [-0.3, -0.25) is 4.79 Å². The largest absolute Gasteiger partial charge is 0.369 e. The van der Waals surface area contributed by atoms with Crippen molar-refractivity contribution in [3.63, 3.8) is 0 Å². The van der Waals surface area contributed by atoms with Gasteiger partial charge in [0.15, 0.2) is 21.5 Å². The summed E-state index contributed by atoms with van der Waals surface area (Å²) in [6, 6.07) is 6.03. The smallest absolute Gasteiger partial charge is 0.256 e. The lowest BCUT2D eigenvalue weighted by molar-refractivity contribution is 0.102. The predicted octanol–water partition coefficient (Wildman–Crippen LogP) is 2.24. The van der Waals surface area contributed by atoms with E-state index in [2.05, 4.69) is 10.3 Å². The van der Waals surface area contributed by atoms with Gasteiger partial charge in [0.05, 0.1) is 23.4 Å². The molecule has 0 saturated carbocycles. The molecule has 0 bridgehead atoms. The van der Waals surface area contributed by atoms with Crippen molar-refractivity contribution in [1.29, 1.82) is 0 Å². The first-order chi connectivity index (χ1) is 12.2. The molecule has 3 rings (SSSR count). The van der Waals surface area contributed by atoms with Crippen LogP contribution >= 0.6 is 0 Å². The summed E-state index contributed by atoms with van der Waals surface area (Å²) in [7, 11) is -1.19. The average molecular weight is 381 g/mol. The van der Waals surface area contributed by atoms with E-state index in [1.54, 1.807) is 19.2 Å². The summed E-state index contributed by atoms with van der Waals surface area (Å²) in [6.07, 6.45) is 2.08. The van der Waals surface area contributed by atoms with Crippen molar-refractivity contribution in [3.05, 3.63) is 53.7 Å². The third kappa shape index (κ3) is 3.98. The molecule has 1 aliphatic heterocycles. The molecule has 26 heavy (non-hydrogen) atoms. The maximum absolute atomic E-state index is 13.2. The fourth-order valence-corrected chi connectivity index (χ4v) is 4.56. The fourth-order valence-electron chi connectivity index (χ4n) is 2.79. The lowest BCUT2D eigenvalue weighted by Gasteiger charge is -2.25. The second-order valence-corrected chi connectivity index (χ2v) is 8.38. The van der Waals surface area contributed by atoms with E-state index >= 15 is 0 Å². The Morgan fingerprint density at radius 2 is 2.00 bits per heavy atom. The molecule has 2 heterocycles. The van der Waals surface area contributed by atoms with Gasteiger partial charge < -0.3 is 10.2 Å². The summed E-state index contributed by atoms with van der Waals surface area (Å²) in [6.45, 7) is 0. The molecule has 6 nitrogen and oxygen atoms in total. The highest BCUT2D eigenvalue weighted by Gasteiger charge is 2.30. The minimum atomic E-state index is -2.99. The maximum atomic E-state index is 13.2. The maximum Gasteiger partial charge on any atom is 0.256 e. The van der Waals surface area contributed by atoms with Crippen molar-refractivity contribution in [3.8, 4) is 0 Å². The molecule has 0 aliphatic carbocycles. The number of aromatic nitrogens is 1. The van der Waals surface area contributed by atoms with Crippen LogP contribution < -0.4 is 10.2 Å². The summed E-state index contributed by atoms with van der Waals surface area (Å²) < 4.78 is 49.3. The highest BCUT2D eigenvalue weighted by molar-refractivity contribution is 7.91. The minimum Gasteiger partial charge on any atom is -0.369 e. The van der Waals surface area contributed by atoms with E-state index in [0.29, 0.717) is 6.42 Å². The minimum absolute atomic E-state index is 0.0249. The van der Waals surface area contributed by atoms with Crippen LogP contribution in [0.1, 0.15) is 16.8 Å². The van der Waals surface area contributed by atoms with Gasteiger partial charge in [0, 0.05) is 18.7 Å². The third-order valence-electron chi connectivity index (χ3n) is 4.33. The van der Waals surface area contributed by atoms with Gasteiger partial charge >= 0.3 is 0 Å². The van der Waals surface area contributed by atoms with Crippen LogP contribution in [0.5, 0.6) is 0 Å². The number of carbonyl (C=O) groups is 1. The van der Waals surface area contributed by atoms with Crippen molar-refractivity contribution >= 4 is 27.2 Å². The van der Waals surface area contributed by atoms with Crippen LogP contribution in [0, 0.1) is 11.6 Å². The number of carbonyl (C=O) groups excluding carboxylic acids is 1. The standard InChI is InChI=1S/C17H17F2N3O3S/c1-22(13-6-7-26(24,25)10-13)12-3-5-16(20-9-12)21-17(23)11-2-4-14(18)15(19)8-11/h2-5,8-9,13H,6-7,10H2,1H3,(H,20,21,23). The number of halogens is 2. The highest BCUT2D eigenvalue weighted by Crippen LogP contribution is 2.23. The molecule has 2 aromatic rings. The van der Waals surface area contributed by atoms with E-state index in [0.717, 1.165) is 17.8 Å². The van der Waals surface area contributed by atoms with Crippen molar-refractivity contribution < 1.29 is 22.0 Å². The molecule has 0 radical (unpaired) electrons. The van der Waals surface area contributed by atoms with Gasteiger partial charge in [-0.25, -0.2) is 22.2 Å². The Morgan fingerprint density at radius 3 is 2.58 bits per heavy atom. The monoisotopic (exact) mass is 381 g/mol. The molecule has 138 valence electrons. The number of sulfone groups is 1. The molecule has 1 aliphatic rings. The van der Waals surface area contributed by atoms with E-state index in [1.165, 1.54) is 12.3 Å². The molecule has 1 amide bonds. The normalized spacial score (nSPS) is 18.5. The van der Waals surface area contributed by atoms with E-state index in [4.69, 9.17) is 0 Å². The Labute approximate surface area is 149 Å². The van der Waals surface area contributed by atoms with E-state index < -0.39 is 27.4 Å². The van der Waals surface area contributed by atoms with E-state index in [9.17, 15) is 22.0 Å². The number of nitrogens with zero attached hydrogens (tertiary/aromatic N) is 2. The summed E-state index contributed by atoms with van der Waals surface area (Å²) in [5.41, 5.74) is 0.695. The van der Waals surface area contributed by atoms with Crippen molar-refractivity contribution in [2.24, 2.45) is 0 Å². The van der Waals surface area contributed by atoms with Crippen molar-refractivity contribution in [2.45, 2.75) is 12.5 Å². The summed E-state index contributed by atoms with van der Waals surface area (Å²) in [5.74, 6) is -2.21. The van der Waals surface area contributed by atoms with Crippen LogP contribution in [0.15, 0.2) is 36.5 Å². The molecule has 1 atom stereocenters. The third-order valence-corrected chi connectivity index (χ3v) is 6.09. The Hall–Kier alpha value is -2.55. The van der Waals surface area contributed by atoms with Gasteiger partial charge in [-0.15, -0.1) is 0 Å². The lowest BCUT2D eigenvalue weighted by atomic mass is 10.2. The predicted molar refractivity (Wildman–Crippen MR) is 94.0 cm³/mol. The topological polar surface area (TPSA) is 79.4 Å². The Balaban J connectivity index is 1.67. The highest BCUT2D eigenvalue weighted by atomic mass is 32.2. The van der Waals surface area contributed by atoms with Crippen LogP contribution in [0.4, 0.5) is 20.3 Å². The molecule has 1 aromatic carbocycles. The molecule has 1 aromatic heterocycles. The molecular formula is C17H17F2N3O3S. The first-order valence-corrected chi connectivity index (χ1v) is 9.73. The second kappa shape index (κ2) is 6.99. The van der Waals surface area contributed by atoms with Crippen molar-refractivity contribution in [2.75, 3.05) is 28.8 Å². The average Bonchev–Trinajstić information content (AvgIpc) is 2.97. The number of hydrogen-bond acceptors (Lipinski definition) is 5. The first-order valence-electron chi connectivity index (χ1n) is 7.91. The van der Waals surface area contributed by atoms with Crippen molar-refractivity contribution in [1.82, 2.24) is 4.98 Å². The zero-order chi connectivity index (χ0) is 18.9. The number of rotatable bonds is 4. The Morgan fingerprint density at radius 1 is 1.23 bits per heavy atom. The second-order valence-electron chi connectivity index (χ2n) is 6.15. The molecule has 1 saturated heterocycles. The molecule has 0 spiro atoms. The molecule has 1 unspecified atom stereocenters. The zero-order valence-electron chi connectivity index (χ0n) is 13.9. The number of amides is 1. The summed E-state index contributed by atoms with van der Waals surface area (Å²) in [5, 5.41) is 2.50. The van der Waals surface area contributed by atoms with Crippen LogP contribution in [0.3, 0.4) is 0 Å². The van der Waals surface area contributed by atoms with Crippen LogP contribution in [0.25, 0.3) is 0 Å². The van der Waals surface area contributed by atoms with Crippen LogP contribution in [0.2, 0.25) is 0 Å². The Kier molecular flexibility index (Phi) is 4.90. The summed E-state index contributed by atoms with van der Waals surface area (Å²) in [4.78, 5) is 18.0. The number of pyridine rings is 1. The quantitative estimate of drug-likeness (QED) is 0.879.